The molecule has 2 heteroatoms. The van der Waals surface area contributed by atoms with Gasteiger partial charge in [0.25, 0.3) is 0 Å². The Bertz CT molecular complexity index is 271. The van der Waals surface area contributed by atoms with Gasteiger partial charge in [0.05, 0.1) is 11.2 Å². The van der Waals surface area contributed by atoms with Crippen molar-refractivity contribution in [1.82, 2.24) is 0 Å². The molecule has 2 nitrogen and oxygen atoms in total. The van der Waals surface area contributed by atoms with E-state index in [9.17, 15) is 5.11 Å². The van der Waals surface area contributed by atoms with Gasteiger partial charge in [-0.15, -0.1) is 6.58 Å². The van der Waals surface area contributed by atoms with Crippen LogP contribution < -0.4 is 0 Å². The Morgan fingerprint density at radius 2 is 2.11 bits per heavy atom. The highest BCUT2D eigenvalue weighted by molar-refractivity contribution is 4.95. The van der Waals surface area contributed by atoms with E-state index >= 15 is 0 Å². The highest BCUT2D eigenvalue weighted by Gasteiger charge is 2.43. The summed E-state index contributed by atoms with van der Waals surface area (Å²) in [4.78, 5) is 0. The van der Waals surface area contributed by atoms with Crippen LogP contribution in [0.4, 0.5) is 0 Å². The fourth-order valence-corrected chi connectivity index (χ4v) is 3.70. The predicted molar refractivity (Wildman–Crippen MR) is 74.5 cm³/mol. The van der Waals surface area contributed by atoms with Gasteiger partial charge in [-0.3, -0.25) is 0 Å². The zero-order valence-electron chi connectivity index (χ0n) is 11.8. The van der Waals surface area contributed by atoms with Crippen LogP contribution in [-0.4, -0.2) is 22.9 Å². The molecule has 0 aromatic carbocycles. The lowest BCUT2D eigenvalue weighted by atomic mass is 9.70. The molecule has 1 heterocycles. The van der Waals surface area contributed by atoms with Crippen molar-refractivity contribution in [3.63, 3.8) is 0 Å². The van der Waals surface area contributed by atoms with E-state index in [1.54, 1.807) is 0 Å². The van der Waals surface area contributed by atoms with Crippen LogP contribution in [0, 0.1) is 5.92 Å². The van der Waals surface area contributed by atoms with Gasteiger partial charge in [0.1, 0.15) is 0 Å². The molecule has 0 bridgehead atoms. The molecule has 1 spiro atoms. The van der Waals surface area contributed by atoms with E-state index in [-0.39, 0.29) is 5.60 Å². The first-order valence-electron chi connectivity index (χ1n) is 7.55. The predicted octanol–water partition coefficient (Wildman–Crippen LogP) is 3.83. The first-order valence-corrected chi connectivity index (χ1v) is 7.55. The topological polar surface area (TPSA) is 29.5 Å². The fraction of sp³-hybridized carbons (Fsp3) is 0.875. The molecule has 1 aliphatic carbocycles. The van der Waals surface area contributed by atoms with Gasteiger partial charge in [-0.2, -0.15) is 0 Å². The third-order valence-corrected chi connectivity index (χ3v) is 4.99. The van der Waals surface area contributed by atoms with Gasteiger partial charge < -0.3 is 9.84 Å². The highest BCUT2D eigenvalue weighted by Crippen LogP contribution is 2.44. The van der Waals surface area contributed by atoms with Gasteiger partial charge in [0.2, 0.25) is 0 Å². The molecular formula is C16H28O2. The quantitative estimate of drug-likeness (QED) is 0.770. The maximum atomic E-state index is 10.7. The maximum Gasteiger partial charge on any atom is 0.0686 e. The van der Waals surface area contributed by atoms with Crippen LogP contribution in [0.2, 0.25) is 0 Å². The Balaban J connectivity index is 1.98. The van der Waals surface area contributed by atoms with Crippen LogP contribution in [-0.2, 0) is 4.74 Å². The summed E-state index contributed by atoms with van der Waals surface area (Å²) in [7, 11) is 0. The smallest absolute Gasteiger partial charge is 0.0686 e. The molecule has 2 fully saturated rings. The molecule has 0 radical (unpaired) electrons. The Kier molecular flexibility index (Phi) is 4.50. The molecule has 0 aromatic heterocycles. The van der Waals surface area contributed by atoms with E-state index in [4.69, 9.17) is 4.74 Å². The molecule has 2 aliphatic rings. The number of hydrogen-bond donors (Lipinski definition) is 1. The van der Waals surface area contributed by atoms with Crippen LogP contribution in [0.5, 0.6) is 0 Å². The molecular weight excluding hydrogens is 224 g/mol. The molecule has 2 unspecified atom stereocenters. The lowest BCUT2D eigenvalue weighted by Crippen LogP contribution is -2.48. The standard InChI is InChI=1S/C16H28O2/c1-3-4-9-15(2,17)14-8-12-18-16(13-14)10-6-5-7-11-16/h3,14,17H,1,4-13H2,2H3. The molecule has 18 heavy (non-hydrogen) atoms. The second-order valence-corrected chi connectivity index (χ2v) is 6.47. The van der Waals surface area contributed by atoms with Gasteiger partial charge in [0.15, 0.2) is 0 Å². The SMILES string of the molecule is C=CCCC(C)(O)C1CCOC2(CCCCC2)C1. The summed E-state index contributed by atoms with van der Waals surface area (Å²) in [5, 5.41) is 10.7. The number of aliphatic hydroxyl groups is 1. The molecule has 2 atom stereocenters. The Labute approximate surface area is 111 Å². The first-order chi connectivity index (χ1) is 8.58. The average molecular weight is 252 g/mol. The number of ether oxygens (including phenoxy) is 1. The van der Waals surface area contributed by atoms with E-state index in [0.717, 1.165) is 32.3 Å². The van der Waals surface area contributed by atoms with E-state index in [1.807, 2.05) is 13.0 Å². The van der Waals surface area contributed by atoms with Crippen LogP contribution in [0.25, 0.3) is 0 Å². The van der Waals surface area contributed by atoms with Crippen molar-refractivity contribution in [1.29, 1.82) is 0 Å². The van der Waals surface area contributed by atoms with Crippen molar-refractivity contribution in [2.24, 2.45) is 5.92 Å². The summed E-state index contributed by atoms with van der Waals surface area (Å²) in [6.07, 6.45) is 12.0. The van der Waals surface area contributed by atoms with E-state index in [2.05, 4.69) is 6.58 Å². The minimum absolute atomic E-state index is 0.0966. The molecule has 1 saturated heterocycles. The molecule has 104 valence electrons. The Hall–Kier alpha value is -0.340. The summed E-state index contributed by atoms with van der Waals surface area (Å²) in [6, 6.07) is 0. The first kappa shape index (κ1) is 14.1. The molecule has 1 saturated carbocycles. The summed E-state index contributed by atoms with van der Waals surface area (Å²) >= 11 is 0. The molecule has 1 aliphatic heterocycles. The zero-order chi connectivity index (χ0) is 13.1. The van der Waals surface area contributed by atoms with Crippen molar-refractivity contribution in [3.8, 4) is 0 Å². The number of hydrogen-bond acceptors (Lipinski definition) is 2. The summed E-state index contributed by atoms with van der Waals surface area (Å²) in [5.41, 5.74) is -0.457. The monoisotopic (exact) mass is 252 g/mol. The van der Waals surface area contributed by atoms with Gasteiger partial charge in [-0.1, -0.05) is 25.3 Å². The Morgan fingerprint density at radius 3 is 2.78 bits per heavy atom. The van der Waals surface area contributed by atoms with Crippen LogP contribution in [0.1, 0.15) is 64.7 Å². The van der Waals surface area contributed by atoms with E-state index in [0.29, 0.717) is 5.92 Å². The summed E-state index contributed by atoms with van der Waals surface area (Å²) < 4.78 is 6.11. The van der Waals surface area contributed by atoms with Gasteiger partial charge >= 0.3 is 0 Å². The number of allylic oxidation sites excluding steroid dienone is 1. The van der Waals surface area contributed by atoms with Crippen molar-refractivity contribution < 1.29 is 9.84 Å². The third-order valence-electron chi connectivity index (χ3n) is 4.99. The van der Waals surface area contributed by atoms with Crippen molar-refractivity contribution in [2.45, 2.75) is 75.9 Å². The fourth-order valence-electron chi connectivity index (χ4n) is 3.70. The minimum Gasteiger partial charge on any atom is -0.390 e. The van der Waals surface area contributed by atoms with Crippen LogP contribution in [0.3, 0.4) is 0 Å². The lowest BCUT2D eigenvalue weighted by molar-refractivity contribution is -0.153. The largest absolute Gasteiger partial charge is 0.390 e. The second-order valence-electron chi connectivity index (χ2n) is 6.47. The molecule has 0 amide bonds. The van der Waals surface area contributed by atoms with Crippen molar-refractivity contribution in [3.05, 3.63) is 12.7 Å². The van der Waals surface area contributed by atoms with Gasteiger partial charge in [0, 0.05) is 6.61 Å². The molecule has 1 N–H and O–H groups in total. The van der Waals surface area contributed by atoms with Crippen molar-refractivity contribution >= 4 is 0 Å². The summed E-state index contributed by atoms with van der Waals surface area (Å²) in [6.45, 7) is 6.59. The van der Waals surface area contributed by atoms with Crippen LogP contribution in [0.15, 0.2) is 12.7 Å². The number of rotatable bonds is 4. The summed E-state index contributed by atoms with van der Waals surface area (Å²) in [5.74, 6) is 0.393. The van der Waals surface area contributed by atoms with Crippen LogP contribution >= 0.6 is 0 Å². The molecule has 2 rings (SSSR count). The Morgan fingerprint density at radius 1 is 1.39 bits per heavy atom. The second kappa shape index (κ2) is 5.75. The van der Waals surface area contributed by atoms with Gasteiger partial charge in [-0.25, -0.2) is 0 Å². The minimum atomic E-state index is -0.553. The third kappa shape index (κ3) is 3.16. The van der Waals surface area contributed by atoms with E-state index < -0.39 is 5.60 Å². The van der Waals surface area contributed by atoms with E-state index in [1.165, 1.54) is 32.1 Å². The maximum absolute atomic E-state index is 10.7. The lowest BCUT2D eigenvalue weighted by Gasteiger charge is -2.47. The van der Waals surface area contributed by atoms with Crippen molar-refractivity contribution in [2.75, 3.05) is 6.61 Å². The van der Waals surface area contributed by atoms with Gasteiger partial charge in [-0.05, 0) is 51.4 Å². The average Bonchev–Trinajstić information content (AvgIpc) is 2.37. The highest BCUT2D eigenvalue weighted by atomic mass is 16.5. The normalized spacial score (nSPS) is 30.9. The molecule has 0 aromatic rings. The zero-order valence-corrected chi connectivity index (χ0v) is 11.8.